The molecule has 0 spiro atoms. The van der Waals surface area contributed by atoms with Crippen LogP contribution < -0.4 is 0 Å². The van der Waals surface area contributed by atoms with Gasteiger partial charge in [0.05, 0.1) is 0 Å². The molecule has 0 aromatic rings. The van der Waals surface area contributed by atoms with Crippen LogP contribution in [-0.2, 0) is 0 Å². The minimum Gasteiger partial charge on any atom is -0.138 e. The average Bonchev–Trinajstić information content (AvgIpc) is 2.08. The lowest BCUT2D eigenvalue weighted by molar-refractivity contribution is 0.164. The molecule has 1 saturated carbocycles. The van der Waals surface area contributed by atoms with Crippen molar-refractivity contribution in [3.8, 4) is 5.18 Å². The molecule has 0 amide bonds. The van der Waals surface area contributed by atoms with Crippen molar-refractivity contribution in [2.75, 3.05) is 6.26 Å². The second-order valence-electron chi connectivity index (χ2n) is 4.51. The highest BCUT2D eigenvalue weighted by Gasteiger charge is 2.28. The summed E-state index contributed by atoms with van der Waals surface area (Å²) in [5.74, 6) is 2.96. The van der Waals surface area contributed by atoms with Crippen LogP contribution in [0, 0.1) is 22.9 Å². The van der Waals surface area contributed by atoms with E-state index in [1.807, 2.05) is 0 Å². The van der Waals surface area contributed by atoms with Gasteiger partial charge in [-0.3, -0.25) is 0 Å². The molecule has 1 rings (SSSR count). The molecule has 0 nitrogen and oxygen atoms in total. The van der Waals surface area contributed by atoms with Crippen molar-refractivity contribution in [1.82, 2.24) is 0 Å². The molecule has 0 aromatic heterocycles. The molecule has 0 bridgehead atoms. The highest BCUT2D eigenvalue weighted by Crippen LogP contribution is 2.40. The monoisotopic (exact) mass is 198 g/mol. The van der Waals surface area contributed by atoms with Crippen molar-refractivity contribution in [3.05, 3.63) is 0 Å². The van der Waals surface area contributed by atoms with Crippen LogP contribution in [0.25, 0.3) is 0 Å². The third-order valence-corrected chi connectivity index (χ3v) is 3.74. The van der Waals surface area contributed by atoms with E-state index in [0.29, 0.717) is 0 Å². The van der Waals surface area contributed by atoms with Crippen LogP contribution in [0.2, 0.25) is 0 Å². The Balaban J connectivity index is 2.06. The summed E-state index contributed by atoms with van der Waals surface area (Å²) in [5.41, 5.74) is 0. The largest absolute Gasteiger partial charge is 0.138 e. The molecule has 0 aromatic carbocycles. The summed E-state index contributed by atoms with van der Waals surface area (Å²) < 4.78 is 0. The van der Waals surface area contributed by atoms with Crippen LogP contribution in [0.1, 0.15) is 46.0 Å². The topological polar surface area (TPSA) is 0 Å². The molecule has 0 saturated heterocycles. The first-order valence-corrected chi connectivity index (χ1v) is 6.74. The SMILES string of the molecule is CCC(C)CC1CC(CC#SC)C1. The fourth-order valence-corrected chi connectivity index (χ4v) is 2.57. The molecule has 76 valence electrons. The highest BCUT2D eigenvalue weighted by molar-refractivity contribution is 7.87. The van der Waals surface area contributed by atoms with Gasteiger partial charge in [-0.1, -0.05) is 25.5 Å². The van der Waals surface area contributed by atoms with Gasteiger partial charge in [-0.15, -0.1) is 11.2 Å². The van der Waals surface area contributed by atoms with Crippen molar-refractivity contribution in [3.63, 3.8) is 0 Å². The standard InChI is InChI=1S/C12H22S/c1-4-10(2)7-12-8-11(9-12)5-6-13-3/h10-12H,4-5,7-9H2,1-3H3. The van der Waals surface area contributed by atoms with E-state index in [0.717, 1.165) is 17.8 Å². The van der Waals surface area contributed by atoms with Gasteiger partial charge in [-0.05, 0) is 37.0 Å². The van der Waals surface area contributed by atoms with E-state index in [-0.39, 0.29) is 0 Å². The maximum atomic E-state index is 3.35. The Labute approximate surface area is 86.7 Å². The normalized spacial score (nSPS) is 28.8. The van der Waals surface area contributed by atoms with Gasteiger partial charge in [0, 0.05) is 12.7 Å². The van der Waals surface area contributed by atoms with Crippen LogP contribution in [0.3, 0.4) is 0 Å². The van der Waals surface area contributed by atoms with Gasteiger partial charge in [0.1, 0.15) is 0 Å². The first kappa shape index (κ1) is 11.1. The lowest BCUT2D eigenvalue weighted by Gasteiger charge is -2.35. The lowest BCUT2D eigenvalue weighted by Crippen LogP contribution is -2.24. The van der Waals surface area contributed by atoms with Crippen molar-refractivity contribution >= 4 is 11.2 Å². The zero-order chi connectivity index (χ0) is 9.68. The first-order chi connectivity index (χ1) is 6.26. The second kappa shape index (κ2) is 5.67. The fourth-order valence-electron chi connectivity index (χ4n) is 2.17. The summed E-state index contributed by atoms with van der Waals surface area (Å²) in [4.78, 5) is 0. The summed E-state index contributed by atoms with van der Waals surface area (Å²) >= 11 is 1.75. The average molecular weight is 198 g/mol. The Morgan fingerprint density at radius 1 is 1.38 bits per heavy atom. The number of hydrogen-bond acceptors (Lipinski definition) is 0. The van der Waals surface area contributed by atoms with E-state index >= 15 is 0 Å². The maximum absolute atomic E-state index is 3.35. The molecular formula is C12H22S. The Bertz CT molecular complexity index is 193. The van der Waals surface area contributed by atoms with Gasteiger partial charge in [-0.25, -0.2) is 0 Å². The number of rotatable bonds is 4. The molecule has 13 heavy (non-hydrogen) atoms. The zero-order valence-corrected chi connectivity index (χ0v) is 9.99. The predicted molar refractivity (Wildman–Crippen MR) is 62.3 cm³/mol. The molecule has 1 heteroatoms. The van der Waals surface area contributed by atoms with E-state index < -0.39 is 0 Å². The van der Waals surface area contributed by atoms with Crippen LogP contribution in [0.4, 0.5) is 0 Å². The third-order valence-electron chi connectivity index (χ3n) is 3.28. The molecule has 1 atom stereocenters. The van der Waals surface area contributed by atoms with Gasteiger partial charge >= 0.3 is 0 Å². The Morgan fingerprint density at radius 3 is 2.62 bits per heavy atom. The molecule has 1 unspecified atom stereocenters. The van der Waals surface area contributed by atoms with Crippen LogP contribution >= 0.6 is 11.2 Å². The van der Waals surface area contributed by atoms with Crippen molar-refractivity contribution in [2.45, 2.75) is 46.0 Å². The molecular weight excluding hydrogens is 176 g/mol. The molecule has 0 aliphatic heterocycles. The first-order valence-electron chi connectivity index (χ1n) is 5.52. The van der Waals surface area contributed by atoms with Crippen molar-refractivity contribution in [1.29, 1.82) is 0 Å². The van der Waals surface area contributed by atoms with Gasteiger partial charge in [-0.2, -0.15) is 0 Å². The lowest BCUT2D eigenvalue weighted by atomic mass is 9.70. The Kier molecular flexibility index (Phi) is 4.83. The van der Waals surface area contributed by atoms with Gasteiger partial charge in [0.25, 0.3) is 0 Å². The van der Waals surface area contributed by atoms with E-state index in [2.05, 4.69) is 25.3 Å². The molecule has 1 aliphatic carbocycles. The Hall–Kier alpha value is 0. The third kappa shape index (κ3) is 3.70. The van der Waals surface area contributed by atoms with E-state index in [1.165, 1.54) is 32.1 Å². The molecule has 1 fully saturated rings. The molecule has 0 radical (unpaired) electrons. The van der Waals surface area contributed by atoms with Crippen molar-refractivity contribution < 1.29 is 0 Å². The highest BCUT2D eigenvalue weighted by atomic mass is 32.1. The second-order valence-corrected chi connectivity index (χ2v) is 5.20. The minimum absolute atomic E-state index is 0.944. The molecule has 0 N–H and O–H groups in total. The predicted octanol–water partition coefficient (Wildman–Crippen LogP) is 4.16. The number of hydrogen-bond donors (Lipinski definition) is 0. The van der Waals surface area contributed by atoms with E-state index in [9.17, 15) is 0 Å². The molecule has 1 aliphatic rings. The van der Waals surface area contributed by atoms with Crippen LogP contribution in [0.5, 0.6) is 0 Å². The van der Waals surface area contributed by atoms with Crippen LogP contribution in [-0.4, -0.2) is 6.26 Å². The maximum Gasteiger partial charge on any atom is 0.0139 e. The zero-order valence-electron chi connectivity index (χ0n) is 9.18. The summed E-state index contributed by atoms with van der Waals surface area (Å²) in [6.45, 7) is 4.68. The molecule has 0 heterocycles. The van der Waals surface area contributed by atoms with Gasteiger partial charge in [0.2, 0.25) is 0 Å². The quantitative estimate of drug-likeness (QED) is 0.636. The minimum atomic E-state index is 0.944. The van der Waals surface area contributed by atoms with E-state index in [4.69, 9.17) is 0 Å². The summed E-state index contributed by atoms with van der Waals surface area (Å²) in [6, 6.07) is 0. The van der Waals surface area contributed by atoms with Crippen molar-refractivity contribution in [2.24, 2.45) is 17.8 Å². The smallest absolute Gasteiger partial charge is 0.0139 e. The van der Waals surface area contributed by atoms with Gasteiger partial charge < -0.3 is 0 Å². The van der Waals surface area contributed by atoms with Gasteiger partial charge in [0.15, 0.2) is 0 Å². The van der Waals surface area contributed by atoms with Crippen LogP contribution in [0.15, 0.2) is 0 Å². The fraction of sp³-hybridized carbons (Fsp3) is 0.917. The van der Waals surface area contributed by atoms with E-state index in [1.54, 1.807) is 11.2 Å². The Morgan fingerprint density at radius 2 is 2.08 bits per heavy atom. The summed E-state index contributed by atoms with van der Waals surface area (Å²) in [7, 11) is 0. The summed E-state index contributed by atoms with van der Waals surface area (Å²) in [5, 5.41) is 3.35. The summed E-state index contributed by atoms with van der Waals surface area (Å²) in [6.07, 6.45) is 9.08.